The van der Waals surface area contributed by atoms with Crippen molar-refractivity contribution in [3.63, 3.8) is 0 Å². The smallest absolute Gasteiger partial charge is 0.155 e. The van der Waals surface area contributed by atoms with E-state index in [0.29, 0.717) is 11.1 Å². The molecule has 0 aliphatic carbocycles. The number of aliphatic hydroxyl groups is 1. The molecule has 1 aromatic rings. The molecule has 0 amide bonds. The lowest BCUT2D eigenvalue weighted by Gasteiger charge is -2.19. The average molecular weight is 242 g/mol. The van der Waals surface area contributed by atoms with Crippen LogP contribution in [0.5, 0.6) is 0 Å². The van der Waals surface area contributed by atoms with E-state index < -0.39 is 0 Å². The topological polar surface area (TPSA) is 49.2 Å². The van der Waals surface area contributed by atoms with E-state index in [0.717, 1.165) is 36.5 Å². The van der Waals surface area contributed by atoms with Crippen LogP contribution < -0.4 is 4.90 Å². The van der Waals surface area contributed by atoms with Gasteiger partial charge in [0, 0.05) is 25.6 Å². The monoisotopic (exact) mass is 241 g/mol. The molecule has 2 heterocycles. The summed E-state index contributed by atoms with van der Waals surface area (Å²) in [6.07, 6.45) is 1.01. The zero-order chi connectivity index (χ0) is 11.7. The summed E-state index contributed by atoms with van der Waals surface area (Å²) < 4.78 is 0. The van der Waals surface area contributed by atoms with Crippen LogP contribution in [0, 0.1) is 19.8 Å². The second-order valence-electron chi connectivity index (χ2n) is 4.35. The molecule has 0 saturated carbocycles. The molecule has 1 N–H and O–H groups in total. The third-order valence-electron chi connectivity index (χ3n) is 3.28. The minimum Gasteiger partial charge on any atom is -0.396 e. The maximum atomic E-state index is 9.11. The van der Waals surface area contributed by atoms with Crippen molar-refractivity contribution in [2.45, 2.75) is 20.3 Å². The number of nitrogens with zero attached hydrogens (tertiary/aromatic N) is 3. The van der Waals surface area contributed by atoms with Gasteiger partial charge in [0.2, 0.25) is 0 Å². The SMILES string of the molecule is Cc1c(Cl)nnc(N2CCC(CO)C2)c1C. The molecule has 88 valence electrons. The second kappa shape index (κ2) is 4.55. The highest BCUT2D eigenvalue weighted by molar-refractivity contribution is 6.30. The van der Waals surface area contributed by atoms with Crippen LogP contribution in [0.2, 0.25) is 5.15 Å². The summed E-state index contributed by atoms with van der Waals surface area (Å²) in [5.41, 5.74) is 2.07. The van der Waals surface area contributed by atoms with Crippen LogP contribution in [0.4, 0.5) is 5.82 Å². The Kier molecular flexibility index (Phi) is 3.30. The predicted octanol–water partition coefficient (Wildman–Crippen LogP) is 1.57. The summed E-state index contributed by atoms with van der Waals surface area (Å²) in [6, 6.07) is 0. The highest BCUT2D eigenvalue weighted by atomic mass is 35.5. The Labute approximate surface area is 100 Å². The molecule has 1 fully saturated rings. The van der Waals surface area contributed by atoms with E-state index in [1.54, 1.807) is 0 Å². The molecule has 0 bridgehead atoms. The van der Waals surface area contributed by atoms with Crippen molar-refractivity contribution in [2.24, 2.45) is 5.92 Å². The Hall–Kier alpha value is -0.870. The molecule has 0 radical (unpaired) electrons. The van der Waals surface area contributed by atoms with Crippen LogP contribution in [0.15, 0.2) is 0 Å². The molecular weight excluding hydrogens is 226 g/mol. The van der Waals surface area contributed by atoms with Gasteiger partial charge in [-0.15, -0.1) is 10.2 Å². The Bertz CT molecular complexity index is 397. The van der Waals surface area contributed by atoms with Crippen LogP contribution in [0.3, 0.4) is 0 Å². The first-order chi connectivity index (χ1) is 7.63. The van der Waals surface area contributed by atoms with Crippen LogP contribution in [-0.2, 0) is 0 Å². The van der Waals surface area contributed by atoms with E-state index in [1.165, 1.54) is 0 Å². The lowest BCUT2D eigenvalue weighted by atomic mass is 10.1. The normalized spacial score (nSPS) is 20.5. The number of rotatable bonds is 2. The summed E-state index contributed by atoms with van der Waals surface area (Å²) >= 11 is 5.92. The van der Waals surface area contributed by atoms with Crippen molar-refractivity contribution in [2.75, 3.05) is 24.6 Å². The van der Waals surface area contributed by atoms with Crippen LogP contribution in [0.25, 0.3) is 0 Å². The molecule has 1 aliphatic rings. The highest BCUT2D eigenvalue weighted by Crippen LogP contribution is 2.27. The van der Waals surface area contributed by atoms with Gasteiger partial charge in [0.25, 0.3) is 0 Å². The van der Waals surface area contributed by atoms with Crippen molar-refractivity contribution in [3.8, 4) is 0 Å². The van der Waals surface area contributed by atoms with Crippen molar-refractivity contribution in [1.82, 2.24) is 10.2 Å². The quantitative estimate of drug-likeness (QED) is 0.854. The van der Waals surface area contributed by atoms with E-state index >= 15 is 0 Å². The number of halogens is 1. The number of aliphatic hydroxyl groups excluding tert-OH is 1. The van der Waals surface area contributed by atoms with Gasteiger partial charge >= 0.3 is 0 Å². The Morgan fingerprint density at radius 2 is 2.12 bits per heavy atom. The predicted molar refractivity (Wildman–Crippen MR) is 63.9 cm³/mol. The van der Waals surface area contributed by atoms with Gasteiger partial charge < -0.3 is 10.0 Å². The van der Waals surface area contributed by atoms with E-state index in [1.807, 2.05) is 13.8 Å². The van der Waals surface area contributed by atoms with Gasteiger partial charge in [-0.3, -0.25) is 0 Å². The molecule has 1 atom stereocenters. The fourth-order valence-corrected chi connectivity index (χ4v) is 2.22. The van der Waals surface area contributed by atoms with E-state index in [2.05, 4.69) is 15.1 Å². The lowest BCUT2D eigenvalue weighted by Crippen LogP contribution is -2.23. The Morgan fingerprint density at radius 1 is 1.38 bits per heavy atom. The van der Waals surface area contributed by atoms with Gasteiger partial charge in [0.15, 0.2) is 11.0 Å². The van der Waals surface area contributed by atoms with Gasteiger partial charge in [0.1, 0.15) is 0 Å². The van der Waals surface area contributed by atoms with Crippen LogP contribution >= 0.6 is 11.6 Å². The lowest BCUT2D eigenvalue weighted by molar-refractivity contribution is 0.238. The van der Waals surface area contributed by atoms with Crippen molar-refractivity contribution in [3.05, 3.63) is 16.3 Å². The highest BCUT2D eigenvalue weighted by Gasteiger charge is 2.24. The van der Waals surface area contributed by atoms with E-state index in [-0.39, 0.29) is 6.61 Å². The van der Waals surface area contributed by atoms with E-state index in [4.69, 9.17) is 16.7 Å². The summed E-state index contributed by atoms with van der Waals surface area (Å²) in [6.45, 7) is 6.00. The molecule has 2 rings (SSSR count). The minimum absolute atomic E-state index is 0.246. The van der Waals surface area contributed by atoms with Gasteiger partial charge in [-0.2, -0.15) is 0 Å². The maximum Gasteiger partial charge on any atom is 0.155 e. The van der Waals surface area contributed by atoms with Crippen LogP contribution in [-0.4, -0.2) is 35.0 Å². The zero-order valence-electron chi connectivity index (χ0n) is 9.57. The summed E-state index contributed by atoms with van der Waals surface area (Å²) in [5.74, 6) is 1.26. The third kappa shape index (κ3) is 1.99. The van der Waals surface area contributed by atoms with Gasteiger partial charge in [0.05, 0.1) is 0 Å². The first-order valence-electron chi connectivity index (χ1n) is 5.48. The average Bonchev–Trinajstić information content (AvgIpc) is 2.74. The van der Waals surface area contributed by atoms with Crippen molar-refractivity contribution >= 4 is 17.4 Å². The Balaban J connectivity index is 2.25. The summed E-state index contributed by atoms with van der Waals surface area (Å²) in [7, 11) is 0. The molecule has 1 aromatic heterocycles. The molecule has 0 aromatic carbocycles. The van der Waals surface area contributed by atoms with E-state index in [9.17, 15) is 0 Å². The Morgan fingerprint density at radius 3 is 2.75 bits per heavy atom. The zero-order valence-corrected chi connectivity index (χ0v) is 10.3. The third-order valence-corrected chi connectivity index (χ3v) is 3.64. The number of anilines is 1. The first kappa shape index (κ1) is 11.6. The standard InChI is InChI=1S/C11H16ClN3O/c1-7-8(2)11(14-13-10(7)12)15-4-3-9(5-15)6-16/h9,16H,3-6H2,1-2H3. The molecule has 1 unspecified atom stereocenters. The largest absolute Gasteiger partial charge is 0.396 e. The second-order valence-corrected chi connectivity index (χ2v) is 4.71. The molecule has 1 saturated heterocycles. The first-order valence-corrected chi connectivity index (χ1v) is 5.86. The van der Waals surface area contributed by atoms with Crippen molar-refractivity contribution < 1.29 is 5.11 Å². The van der Waals surface area contributed by atoms with Crippen molar-refractivity contribution in [1.29, 1.82) is 0 Å². The molecule has 0 spiro atoms. The fraction of sp³-hybridized carbons (Fsp3) is 0.636. The molecule has 16 heavy (non-hydrogen) atoms. The summed E-state index contributed by atoms with van der Waals surface area (Å²) in [4.78, 5) is 2.17. The number of hydrogen-bond donors (Lipinski definition) is 1. The van der Waals surface area contributed by atoms with Gasteiger partial charge in [-0.25, -0.2) is 0 Å². The summed E-state index contributed by atoms with van der Waals surface area (Å²) in [5, 5.41) is 17.7. The molecular formula is C11H16ClN3O. The number of aromatic nitrogens is 2. The number of hydrogen-bond acceptors (Lipinski definition) is 4. The minimum atomic E-state index is 0.246. The maximum absolute atomic E-state index is 9.11. The van der Waals surface area contributed by atoms with Gasteiger partial charge in [-0.1, -0.05) is 11.6 Å². The van der Waals surface area contributed by atoms with Crippen LogP contribution in [0.1, 0.15) is 17.5 Å². The molecule has 4 nitrogen and oxygen atoms in total. The molecule has 1 aliphatic heterocycles. The van der Waals surface area contributed by atoms with Gasteiger partial charge in [-0.05, 0) is 31.4 Å². The molecule has 5 heteroatoms. The fourth-order valence-electron chi connectivity index (χ4n) is 2.04.